The van der Waals surface area contributed by atoms with Crippen LogP contribution >= 0.6 is 0 Å². The second-order valence-electron chi connectivity index (χ2n) is 9.94. The summed E-state index contributed by atoms with van der Waals surface area (Å²) in [6, 6.07) is 8.70. The Morgan fingerprint density at radius 1 is 0.973 bits per heavy atom. The Morgan fingerprint density at radius 3 is 2.27 bits per heavy atom. The number of benzene rings is 2. The highest BCUT2D eigenvalue weighted by Crippen LogP contribution is 2.29. The minimum atomic E-state index is -4.40. The molecule has 0 spiro atoms. The van der Waals surface area contributed by atoms with Crippen molar-refractivity contribution in [3.05, 3.63) is 64.2 Å². The fourth-order valence-corrected chi connectivity index (χ4v) is 4.57. The van der Waals surface area contributed by atoms with Gasteiger partial charge in [0, 0.05) is 44.8 Å². The summed E-state index contributed by atoms with van der Waals surface area (Å²) in [5.41, 5.74) is 3.29. The summed E-state index contributed by atoms with van der Waals surface area (Å²) >= 11 is 0. The van der Waals surface area contributed by atoms with Gasteiger partial charge < -0.3 is 14.5 Å². The molecule has 0 radical (unpaired) electrons. The highest BCUT2D eigenvalue weighted by Gasteiger charge is 2.30. The molecule has 3 rings (SSSR count). The molecule has 0 unspecified atom stereocenters. The molecule has 8 heteroatoms. The zero-order valence-electron chi connectivity index (χ0n) is 22.5. The third kappa shape index (κ3) is 8.20. The highest BCUT2D eigenvalue weighted by molar-refractivity contribution is 5.94. The maximum absolute atomic E-state index is 12.8. The van der Waals surface area contributed by atoms with E-state index in [1.807, 2.05) is 0 Å². The molecule has 0 aromatic heterocycles. The summed E-state index contributed by atoms with van der Waals surface area (Å²) in [5, 5.41) is 0. The first kappa shape index (κ1) is 29.0. The first-order valence-corrected chi connectivity index (χ1v) is 13.2. The van der Waals surface area contributed by atoms with Crippen molar-refractivity contribution in [3.8, 4) is 5.75 Å². The number of piperazine rings is 1. The lowest BCUT2D eigenvalue weighted by atomic mass is 9.99. The second kappa shape index (κ2) is 13.3. The van der Waals surface area contributed by atoms with E-state index in [1.165, 1.54) is 41.7 Å². The summed E-state index contributed by atoms with van der Waals surface area (Å²) in [6.07, 6.45) is -1.09. The normalized spacial score (nSPS) is 14.9. The van der Waals surface area contributed by atoms with Gasteiger partial charge in [0.2, 0.25) is 0 Å². The molecule has 0 saturated carbocycles. The van der Waals surface area contributed by atoms with Crippen LogP contribution in [-0.4, -0.2) is 80.1 Å². The number of carbonyl (C=O) groups excluding carboxylic acids is 1. The summed E-state index contributed by atoms with van der Waals surface area (Å²) < 4.78 is 44.4. The largest absolute Gasteiger partial charge is 0.492 e. The first-order valence-electron chi connectivity index (χ1n) is 13.2. The lowest BCUT2D eigenvalue weighted by Crippen LogP contribution is -2.49. The molecule has 37 heavy (non-hydrogen) atoms. The van der Waals surface area contributed by atoms with Gasteiger partial charge in [-0.25, -0.2) is 0 Å². The van der Waals surface area contributed by atoms with Crippen LogP contribution in [0.1, 0.15) is 52.4 Å². The van der Waals surface area contributed by atoms with Crippen LogP contribution in [0.15, 0.2) is 36.4 Å². The van der Waals surface area contributed by atoms with Crippen molar-refractivity contribution in [1.82, 2.24) is 14.7 Å². The Balaban J connectivity index is 1.45. The molecule has 2 aromatic carbocycles. The molecule has 1 heterocycles. The third-order valence-electron chi connectivity index (χ3n) is 7.29. The number of rotatable bonds is 11. The first-order chi connectivity index (χ1) is 17.6. The van der Waals surface area contributed by atoms with Crippen LogP contribution < -0.4 is 4.74 Å². The average Bonchev–Trinajstić information content (AvgIpc) is 2.89. The van der Waals surface area contributed by atoms with Crippen molar-refractivity contribution in [2.24, 2.45) is 0 Å². The van der Waals surface area contributed by atoms with E-state index in [0.29, 0.717) is 25.3 Å². The molecule has 1 saturated heterocycles. The number of likely N-dealkylation sites (N-methyl/N-ethyl adjacent to an activating group) is 1. The van der Waals surface area contributed by atoms with E-state index in [2.05, 4.69) is 49.8 Å². The lowest BCUT2D eigenvalue weighted by Gasteiger charge is -2.35. The monoisotopic (exact) mass is 519 g/mol. The van der Waals surface area contributed by atoms with Crippen LogP contribution in [0, 0.1) is 13.8 Å². The van der Waals surface area contributed by atoms with Gasteiger partial charge in [0.15, 0.2) is 0 Å². The fraction of sp³-hybridized carbons (Fsp3) is 0.552. The predicted octanol–water partition coefficient (Wildman–Crippen LogP) is 5.43. The number of alkyl halides is 3. The van der Waals surface area contributed by atoms with Gasteiger partial charge in [-0.15, -0.1) is 0 Å². The molecule has 1 fully saturated rings. The Hall–Kier alpha value is -2.58. The van der Waals surface area contributed by atoms with Crippen molar-refractivity contribution in [2.45, 2.75) is 46.2 Å². The second-order valence-corrected chi connectivity index (χ2v) is 9.94. The molecule has 0 bridgehead atoms. The molecule has 204 valence electrons. The number of ether oxygens (including phenoxy) is 1. The molecular weight excluding hydrogens is 479 g/mol. The van der Waals surface area contributed by atoms with Crippen LogP contribution in [0.4, 0.5) is 13.2 Å². The number of carbonyl (C=O) groups is 1. The van der Waals surface area contributed by atoms with Gasteiger partial charge in [0.25, 0.3) is 5.91 Å². The van der Waals surface area contributed by atoms with Gasteiger partial charge in [0.05, 0.1) is 5.56 Å². The molecular formula is C29H40F3N3O2. The van der Waals surface area contributed by atoms with Gasteiger partial charge in [-0.2, -0.15) is 13.2 Å². The van der Waals surface area contributed by atoms with Crippen LogP contribution in [0.3, 0.4) is 0 Å². The quantitative estimate of drug-likeness (QED) is 0.397. The van der Waals surface area contributed by atoms with Gasteiger partial charge >= 0.3 is 6.18 Å². The maximum atomic E-state index is 12.8. The van der Waals surface area contributed by atoms with E-state index >= 15 is 0 Å². The highest BCUT2D eigenvalue weighted by atomic mass is 19.4. The summed E-state index contributed by atoms with van der Waals surface area (Å²) in [5.74, 6) is 0.729. The number of halogens is 3. The Morgan fingerprint density at radius 2 is 1.65 bits per heavy atom. The topological polar surface area (TPSA) is 36.0 Å². The number of hydrogen-bond donors (Lipinski definition) is 0. The van der Waals surface area contributed by atoms with Gasteiger partial charge in [-0.1, -0.05) is 19.4 Å². The zero-order valence-corrected chi connectivity index (χ0v) is 22.5. The molecule has 1 aliphatic rings. The van der Waals surface area contributed by atoms with E-state index in [1.54, 1.807) is 4.90 Å². The van der Waals surface area contributed by atoms with E-state index in [9.17, 15) is 18.0 Å². The van der Waals surface area contributed by atoms with Crippen molar-refractivity contribution in [2.75, 3.05) is 59.5 Å². The number of nitrogens with zero attached hydrogens (tertiary/aromatic N) is 3. The molecule has 0 atom stereocenters. The minimum Gasteiger partial charge on any atom is -0.492 e. The van der Waals surface area contributed by atoms with E-state index in [0.717, 1.165) is 57.0 Å². The summed E-state index contributed by atoms with van der Waals surface area (Å²) in [7, 11) is 2.13. The SMILES string of the molecule is CCCCN(C)CCOc1ccc(CCN2CCN(C(=O)c3ccc(C(F)(F)F)cc3)CC2)c(C)c1C. The fourth-order valence-electron chi connectivity index (χ4n) is 4.57. The van der Waals surface area contributed by atoms with Gasteiger partial charge in [-0.05, 0) is 87.3 Å². The zero-order chi connectivity index (χ0) is 27.0. The van der Waals surface area contributed by atoms with Crippen molar-refractivity contribution >= 4 is 5.91 Å². The Bertz CT molecular complexity index is 1020. The Labute approximate surface area is 219 Å². The minimum absolute atomic E-state index is 0.216. The van der Waals surface area contributed by atoms with Crippen LogP contribution in [0.25, 0.3) is 0 Å². The maximum Gasteiger partial charge on any atom is 0.416 e. The summed E-state index contributed by atoms with van der Waals surface area (Å²) in [6.45, 7) is 12.7. The molecule has 1 amide bonds. The molecule has 2 aromatic rings. The van der Waals surface area contributed by atoms with Crippen molar-refractivity contribution in [1.29, 1.82) is 0 Å². The molecule has 5 nitrogen and oxygen atoms in total. The van der Waals surface area contributed by atoms with E-state index in [4.69, 9.17) is 4.74 Å². The average molecular weight is 520 g/mol. The van der Waals surface area contributed by atoms with Crippen LogP contribution in [-0.2, 0) is 12.6 Å². The Kier molecular flexibility index (Phi) is 10.4. The van der Waals surface area contributed by atoms with Crippen LogP contribution in [0.5, 0.6) is 5.75 Å². The van der Waals surface area contributed by atoms with Gasteiger partial charge in [-0.3, -0.25) is 9.69 Å². The smallest absolute Gasteiger partial charge is 0.416 e. The number of unbranched alkanes of at least 4 members (excludes halogenated alkanes) is 1. The van der Waals surface area contributed by atoms with E-state index < -0.39 is 11.7 Å². The molecule has 0 N–H and O–H groups in total. The third-order valence-corrected chi connectivity index (χ3v) is 7.29. The van der Waals surface area contributed by atoms with Crippen molar-refractivity contribution < 1.29 is 22.7 Å². The van der Waals surface area contributed by atoms with E-state index in [-0.39, 0.29) is 5.91 Å². The number of hydrogen-bond acceptors (Lipinski definition) is 4. The van der Waals surface area contributed by atoms with Crippen molar-refractivity contribution in [3.63, 3.8) is 0 Å². The van der Waals surface area contributed by atoms with Gasteiger partial charge in [0.1, 0.15) is 12.4 Å². The number of amides is 1. The standard InChI is InChI=1S/C29H40F3N3O2/c1-5-6-14-33(4)20-21-37-27-12-9-24(22(2)23(27)3)13-15-34-16-18-35(19-17-34)28(36)25-7-10-26(11-8-25)29(30,31)32/h7-12H,5-6,13-21H2,1-4H3. The molecule has 0 aliphatic carbocycles. The lowest BCUT2D eigenvalue weighted by molar-refractivity contribution is -0.137. The predicted molar refractivity (Wildman–Crippen MR) is 141 cm³/mol. The van der Waals surface area contributed by atoms with Crippen LogP contribution in [0.2, 0.25) is 0 Å². The molecule has 1 aliphatic heterocycles. The summed E-state index contributed by atoms with van der Waals surface area (Å²) in [4.78, 5) is 19.1.